The van der Waals surface area contributed by atoms with Crippen molar-refractivity contribution in [2.75, 3.05) is 12.9 Å². The van der Waals surface area contributed by atoms with E-state index in [9.17, 15) is 0 Å². The molecule has 0 spiro atoms. The van der Waals surface area contributed by atoms with Crippen LogP contribution in [0.2, 0.25) is 0 Å². The van der Waals surface area contributed by atoms with Gasteiger partial charge in [-0.3, -0.25) is 0 Å². The molecule has 1 atom stereocenters. The van der Waals surface area contributed by atoms with Crippen molar-refractivity contribution in [2.24, 2.45) is 0 Å². The Morgan fingerprint density at radius 2 is 1.28 bits per heavy atom. The molecule has 0 N–H and O–H groups in total. The van der Waals surface area contributed by atoms with Crippen molar-refractivity contribution in [2.45, 2.75) is 12.2 Å². The molecule has 4 nitrogen and oxygen atoms in total. The third-order valence-electron chi connectivity index (χ3n) is 2.85. The van der Waals surface area contributed by atoms with Crippen molar-refractivity contribution in [3.8, 4) is 5.75 Å². The SMILES string of the molecule is CCS[C@@H](c1ccccc1)c1ccc(OC)cc1.[C-]#[O+].[C-]#[O+].[C-]#[O+].[Cr]. The van der Waals surface area contributed by atoms with Crippen LogP contribution in [0.15, 0.2) is 54.6 Å². The molecule has 0 saturated carbocycles. The zero-order chi connectivity index (χ0) is 18.8. The molecule has 6 heteroatoms. The van der Waals surface area contributed by atoms with Gasteiger partial charge in [-0.25, -0.2) is 0 Å². The number of ether oxygens (including phenoxy) is 1. The van der Waals surface area contributed by atoms with Crippen LogP contribution >= 0.6 is 11.8 Å². The largest absolute Gasteiger partial charge is 0 e. The van der Waals surface area contributed by atoms with E-state index in [-0.39, 0.29) is 17.4 Å². The third-order valence-corrected chi connectivity index (χ3v) is 4.07. The summed E-state index contributed by atoms with van der Waals surface area (Å²) >= 11 is 1.96. The van der Waals surface area contributed by atoms with Crippen LogP contribution in [-0.4, -0.2) is 12.9 Å². The van der Waals surface area contributed by atoms with Gasteiger partial charge in [0.05, 0.1) is 12.4 Å². The fraction of sp³-hybridized carbons (Fsp3) is 0.211. The molecular formula is C19H18CrO4S. The fourth-order valence-corrected chi connectivity index (χ4v) is 2.99. The Kier molecular flexibility index (Phi) is 23.0. The van der Waals surface area contributed by atoms with E-state index >= 15 is 0 Å². The van der Waals surface area contributed by atoms with Gasteiger partial charge in [0.2, 0.25) is 0 Å². The second-order valence-electron chi connectivity index (χ2n) is 4.02. The summed E-state index contributed by atoms with van der Waals surface area (Å²) in [7, 11) is 1.70. The summed E-state index contributed by atoms with van der Waals surface area (Å²) in [6, 6.07) is 19.0. The maximum absolute atomic E-state index is 7.50. The van der Waals surface area contributed by atoms with Gasteiger partial charge in [-0.2, -0.15) is 0 Å². The first-order valence-corrected chi connectivity index (χ1v) is 7.81. The van der Waals surface area contributed by atoms with Crippen molar-refractivity contribution in [3.05, 3.63) is 85.7 Å². The standard InChI is InChI=1S/C16H18OS.3CO.Cr/c1-3-18-16(13-7-5-4-6-8-13)14-9-11-15(17-2)12-10-14;3*1-2;/h4-12,16H,3H2,1-2H3;;;;/t16-;;;;/m0..../s1. The molecule has 0 aliphatic rings. The number of benzene rings is 2. The summed E-state index contributed by atoms with van der Waals surface area (Å²) < 4.78 is 27.7. The molecular weight excluding hydrogens is 376 g/mol. The van der Waals surface area contributed by atoms with Crippen LogP contribution in [0.3, 0.4) is 0 Å². The molecule has 0 unspecified atom stereocenters. The predicted octanol–water partition coefficient (Wildman–Crippen LogP) is 4.42. The number of thioether (sulfide) groups is 1. The van der Waals surface area contributed by atoms with Gasteiger partial charge in [0.1, 0.15) is 5.75 Å². The molecule has 0 fully saturated rings. The molecule has 0 aliphatic heterocycles. The van der Waals surface area contributed by atoms with Crippen LogP contribution in [0.5, 0.6) is 5.75 Å². The van der Waals surface area contributed by atoms with Gasteiger partial charge in [0.25, 0.3) is 0 Å². The Labute approximate surface area is 164 Å². The van der Waals surface area contributed by atoms with Crippen LogP contribution in [0.1, 0.15) is 23.3 Å². The summed E-state index contributed by atoms with van der Waals surface area (Å²) in [4.78, 5) is 0. The molecule has 0 heterocycles. The summed E-state index contributed by atoms with van der Waals surface area (Å²) in [6.45, 7) is 15.7. The van der Waals surface area contributed by atoms with E-state index in [1.54, 1.807) is 7.11 Å². The number of hydrogen-bond acceptors (Lipinski definition) is 2. The van der Waals surface area contributed by atoms with E-state index in [1.165, 1.54) is 11.1 Å². The van der Waals surface area contributed by atoms with Gasteiger partial charge in [0, 0.05) is 17.4 Å². The monoisotopic (exact) mass is 394 g/mol. The van der Waals surface area contributed by atoms with E-state index in [0.717, 1.165) is 11.5 Å². The zero-order valence-electron chi connectivity index (χ0n) is 13.9. The molecule has 0 aromatic heterocycles. The average molecular weight is 394 g/mol. The topological polar surface area (TPSA) is 68.9 Å². The molecule has 130 valence electrons. The second kappa shape index (κ2) is 20.4. The van der Waals surface area contributed by atoms with E-state index < -0.39 is 0 Å². The normalized spacial score (nSPS) is 8.96. The summed E-state index contributed by atoms with van der Waals surface area (Å²) in [6.07, 6.45) is 0. The average Bonchev–Trinajstić information content (AvgIpc) is 2.71. The van der Waals surface area contributed by atoms with Crippen LogP contribution in [0.4, 0.5) is 0 Å². The predicted molar refractivity (Wildman–Crippen MR) is 91.2 cm³/mol. The van der Waals surface area contributed by atoms with Gasteiger partial charge in [-0.05, 0) is 29.0 Å². The first-order chi connectivity index (χ1) is 11.8. The Bertz CT molecular complexity index is 580. The Morgan fingerprint density at radius 3 is 1.68 bits per heavy atom. The maximum Gasteiger partial charge on any atom is 0 e. The maximum atomic E-state index is 7.50. The quantitative estimate of drug-likeness (QED) is 0.556. The van der Waals surface area contributed by atoms with E-state index in [0.29, 0.717) is 5.25 Å². The van der Waals surface area contributed by atoms with Crippen LogP contribution in [0.25, 0.3) is 0 Å². The van der Waals surface area contributed by atoms with E-state index in [1.807, 2.05) is 23.9 Å². The molecule has 2 aromatic carbocycles. The minimum Gasteiger partial charge on any atom is 0 e. The zero-order valence-corrected chi connectivity index (χ0v) is 16.0. The van der Waals surface area contributed by atoms with Gasteiger partial charge >= 0.3 is 33.9 Å². The first kappa shape index (κ1) is 28.2. The van der Waals surface area contributed by atoms with Crippen LogP contribution in [0, 0.1) is 20.0 Å². The fourth-order valence-electron chi connectivity index (χ4n) is 1.96. The van der Waals surface area contributed by atoms with Gasteiger partial charge < -0.3 is 4.74 Å². The Balaban J connectivity index is -0.000000626. The first-order valence-electron chi connectivity index (χ1n) is 6.77. The minimum atomic E-state index is 0. The molecule has 2 rings (SSSR count). The molecule has 0 aliphatic carbocycles. The van der Waals surface area contributed by atoms with Gasteiger partial charge in [-0.1, -0.05) is 49.4 Å². The number of hydrogen-bond donors (Lipinski definition) is 0. The summed E-state index contributed by atoms with van der Waals surface area (Å²) in [5.41, 5.74) is 2.68. The Morgan fingerprint density at radius 1 is 0.840 bits per heavy atom. The van der Waals surface area contributed by atoms with Crippen molar-refractivity contribution < 1.29 is 36.1 Å². The van der Waals surface area contributed by atoms with Crippen molar-refractivity contribution in [1.82, 2.24) is 0 Å². The molecule has 0 radical (unpaired) electrons. The number of rotatable bonds is 5. The van der Waals surface area contributed by atoms with Gasteiger partial charge in [-0.15, -0.1) is 11.8 Å². The Hall–Kier alpha value is -1.66. The van der Waals surface area contributed by atoms with Crippen molar-refractivity contribution in [1.29, 1.82) is 0 Å². The minimum absolute atomic E-state index is 0. The van der Waals surface area contributed by atoms with Crippen molar-refractivity contribution >= 4 is 11.8 Å². The third kappa shape index (κ3) is 10.7. The molecule has 0 bridgehead atoms. The smallest absolute Gasteiger partial charge is 0 e. The summed E-state index contributed by atoms with van der Waals surface area (Å²) in [5.74, 6) is 2.01. The summed E-state index contributed by atoms with van der Waals surface area (Å²) in [5, 5.41) is 0.405. The van der Waals surface area contributed by atoms with E-state index in [4.69, 9.17) is 18.7 Å². The molecule has 25 heavy (non-hydrogen) atoms. The van der Waals surface area contributed by atoms with Crippen LogP contribution < -0.4 is 4.74 Å². The van der Waals surface area contributed by atoms with Gasteiger partial charge in [0.15, 0.2) is 0 Å². The molecule has 0 saturated heterocycles. The van der Waals surface area contributed by atoms with Crippen LogP contribution in [-0.2, 0) is 31.3 Å². The second-order valence-corrected chi connectivity index (χ2v) is 5.40. The molecule has 2 aromatic rings. The van der Waals surface area contributed by atoms with E-state index in [2.05, 4.69) is 69.3 Å². The number of methoxy groups -OCH3 is 1. The van der Waals surface area contributed by atoms with Crippen molar-refractivity contribution in [3.63, 3.8) is 0 Å². The molecule has 0 amide bonds.